The summed E-state index contributed by atoms with van der Waals surface area (Å²) in [4.78, 5) is 0. The molecule has 1 aliphatic rings. The molecule has 126 valence electrons. The van der Waals surface area contributed by atoms with E-state index in [-0.39, 0.29) is 12.2 Å². The number of hydrogen-bond acceptors (Lipinski definition) is 3. The van der Waals surface area contributed by atoms with Crippen LogP contribution in [-0.4, -0.2) is 31.2 Å². The van der Waals surface area contributed by atoms with Crippen LogP contribution >= 0.6 is 0 Å². The monoisotopic (exact) mass is 316 g/mol. The standard InChI is InChI=1S/C20H28O3/c1-22-19(23-2)13-7-6-11-18-12-8-15-20(18,21)16-14-17-9-4-3-5-10-17/h3-5,9-10,18-19,21H,6-8,11-13,15H2,1-2H3. The third-order valence-corrected chi connectivity index (χ3v) is 4.75. The second kappa shape index (κ2) is 9.08. The topological polar surface area (TPSA) is 38.7 Å². The summed E-state index contributed by atoms with van der Waals surface area (Å²) in [5, 5.41) is 10.9. The molecule has 2 rings (SSSR count). The Labute approximate surface area is 140 Å². The predicted molar refractivity (Wildman–Crippen MR) is 91.9 cm³/mol. The molecular weight excluding hydrogens is 288 g/mol. The summed E-state index contributed by atoms with van der Waals surface area (Å²) in [6.07, 6.45) is 6.83. The van der Waals surface area contributed by atoms with E-state index in [4.69, 9.17) is 9.47 Å². The van der Waals surface area contributed by atoms with Crippen LogP contribution in [0.1, 0.15) is 50.5 Å². The Morgan fingerprint density at radius 1 is 1.22 bits per heavy atom. The van der Waals surface area contributed by atoms with Crippen LogP contribution in [0.2, 0.25) is 0 Å². The van der Waals surface area contributed by atoms with Crippen molar-refractivity contribution in [2.45, 2.75) is 56.8 Å². The fourth-order valence-corrected chi connectivity index (χ4v) is 3.34. The highest BCUT2D eigenvalue weighted by atomic mass is 16.7. The zero-order chi connectivity index (χ0) is 16.5. The number of rotatable bonds is 7. The van der Waals surface area contributed by atoms with Gasteiger partial charge in [-0.05, 0) is 56.6 Å². The second-order valence-electron chi connectivity index (χ2n) is 6.31. The molecule has 2 unspecified atom stereocenters. The quantitative estimate of drug-likeness (QED) is 0.473. The molecule has 0 saturated heterocycles. The molecule has 1 aromatic rings. The third kappa shape index (κ3) is 5.35. The van der Waals surface area contributed by atoms with Crippen LogP contribution in [0.4, 0.5) is 0 Å². The Kier molecular flexibility index (Phi) is 7.11. The van der Waals surface area contributed by atoms with Gasteiger partial charge in [0.05, 0.1) is 0 Å². The summed E-state index contributed by atoms with van der Waals surface area (Å²) in [5.41, 5.74) is 0.146. The van der Waals surface area contributed by atoms with E-state index in [0.29, 0.717) is 0 Å². The van der Waals surface area contributed by atoms with E-state index in [2.05, 4.69) is 11.8 Å². The first-order valence-corrected chi connectivity index (χ1v) is 8.54. The van der Waals surface area contributed by atoms with Crippen LogP contribution in [0, 0.1) is 17.8 Å². The third-order valence-electron chi connectivity index (χ3n) is 4.75. The highest BCUT2D eigenvalue weighted by Gasteiger charge is 2.39. The Hall–Kier alpha value is -1.34. The molecule has 0 radical (unpaired) electrons. The van der Waals surface area contributed by atoms with Gasteiger partial charge in [0.2, 0.25) is 0 Å². The van der Waals surface area contributed by atoms with E-state index in [1.54, 1.807) is 14.2 Å². The van der Waals surface area contributed by atoms with Crippen molar-refractivity contribution in [2.75, 3.05) is 14.2 Å². The fraction of sp³-hybridized carbons (Fsp3) is 0.600. The lowest BCUT2D eigenvalue weighted by atomic mass is 9.86. The lowest BCUT2D eigenvalue weighted by Crippen LogP contribution is -2.31. The summed E-state index contributed by atoms with van der Waals surface area (Å²) in [6.45, 7) is 0. The number of ether oxygens (including phenoxy) is 2. The van der Waals surface area contributed by atoms with Gasteiger partial charge in [-0.15, -0.1) is 0 Å². The normalized spacial score (nSPS) is 23.7. The van der Waals surface area contributed by atoms with Crippen LogP contribution in [0.5, 0.6) is 0 Å². The summed E-state index contributed by atoms with van der Waals surface area (Å²) in [6, 6.07) is 9.89. The molecule has 1 fully saturated rings. The average Bonchev–Trinajstić information content (AvgIpc) is 2.95. The van der Waals surface area contributed by atoms with E-state index in [1.807, 2.05) is 30.3 Å². The van der Waals surface area contributed by atoms with Crippen molar-refractivity contribution in [3.05, 3.63) is 35.9 Å². The van der Waals surface area contributed by atoms with Crippen LogP contribution in [-0.2, 0) is 9.47 Å². The first-order valence-electron chi connectivity index (χ1n) is 8.54. The smallest absolute Gasteiger partial charge is 0.156 e. The van der Waals surface area contributed by atoms with Crippen molar-refractivity contribution in [1.29, 1.82) is 0 Å². The molecular formula is C20H28O3. The van der Waals surface area contributed by atoms with Gasteiger partial charge in [0.25, 0.3) is 0 Å². The largest absolute Gasteiger partial charge is 0.377 e. The van der Waals surface area contributed by atoms with Crippen molar-refractivity contribution in [2.24, 2.45) is 5.92 Å². The van der Waals surface area contributed by atoms with Gasteiger partial charge >= 0.3 is 0 Å². The maximum atomic E-state index is 10.9. The Bertz CT molecular complexity index is 513. The zero-order valence-electron chi connectivity index (χ0n) is 14.3. The average molecular weight is 316 g/mol. The molecule has 0 amide bonds. The summed E-state index contributed by atoms with van der Waals surface area (Å²) >= 11 is 0. The van der Waals surface area contributed by atoms with E-state index in [0.717, 1.165) is 50.5 Å². The molecule has 2 atom stereocenters. The molecule has 0 spiro atoms. The summed E-state index contributed by atoms with van der Waals surface area (Å²) < 4.78 is 10.4. The van der Waals surface area contributed by atoms with Crippen molar-refractivity contribution < 1.29 is 14.6 Å². The number of unbranched alkanes of at least 4 members (excludes halogenated alkanes) is 1. The lowest BCUT2D eigenvalue weighted by Gasteiger charge is -2.24. The summed E-state index contributed by atoms with van der Waals surface area (Å²) in [7, 11) is 3.34. The van der Waals surface area contributed by atoms with Crippen molar-refractivity contribution >= 4 is 0 Å². The molecule has 0 aliphatic heterocycles. The molecule has 0 aromatic heterocycles. The van der Waals surface area contributed by atoms with E-state index >= 15 is 0 Å². The maximum absolute atomic E-state index is 10.9. The van der Waals surface area contributed by atoms with Gasteiger partial charge in [-0.25, -0.2) is 0 Å². The Morgan fingerprint density at radius 2 is 1.96 bits per heavy atom. The minimum Gasteiger partial charge on any atom is -0.377 e. The number of hydrogen-bond donors (Lipinski definition) is 1. The minimum atomic E-state index is -0.822. The molecule has 3 nitrogen and oxygen atoms in total. The predicted octanol–water partition coefficient (Wildman–Crippen LogP) is 3.75. The van der Waals surface area contributed by atoms with Crippen molar-refractivity contribution in [3.8, 4) is 11.8 Å². The molecule has 1 saturated carbocycles. The van der Waals surface area contributed by atoms with Crippen molar-refractivity contribution in [3.63, 3.8) is 0 Å². The van der Waals surface area contributed by atoms with Gasteiger partial charge in [-0.1, -0.05) is 36.5 Å². The fourth-order valence-electron chi connectivity index (χ4n) is 3.34. The van der Waals surface area contributed by atoms with Crippen LogP contribution < -0.4 is 0 Å². The lowest BCUT2D eigenvalue weighted by molar-refractivity contribution is -0.107. The van der Waals surface area contributed by atoms with Gasteiger partial charge in [-0.2, -0.15) is 0 Å². The maximum Gasteiger partial charge on any atom is 0.156 e. The number of benzene rings is 1. The van der Waals surface area contributed by atoms with E-state index in [1.165, 1.54) is 0 Å². The van der Waals surface area contributed by atoms with Crippen molar-refractivity contribution in [1.82, 2.24) is 0 Å². The number of aliphatic hydroxyl groups is 1. The van der Waals surface area contributed by atoms with Crippen LogP contribution in [0.3, 0.4) is 0 Å². The molecule has 23 heavy (non-hydrogen) atoms. The van der Waals surface area contributed by atoms with E-state index < -0.39 is 5.60 Å². The molecule has 1 N–H and O–H groups in total. The van der Waals surface area contributed by atoms with Gasteiger partial charge in [0.15, 0.2) is 6.29 Å². The minimum absolute atomic E-state index is 0.115. The van der Waals surface area contributed by atoms with E-state index in [9.17, 15) is 5.11 Å². The van der Waals surface area contributed by atoms with Gasteiger partial charge in [0, 0.05) is 19.8 Å². The van der Waals surface area contributed by atoms with Gasteiger partial charge < -0.3 is 14.6 Å². The van der Waals surface area contributed by atoms with Crippen LogP contribution in [0.25, 0.3) is 0 Å². The highest BCUT2D eigenvalue weighted by molar-refractivity contribution is 5.36. The van der Waals surface area contributed by atoms with Gasteiger partial charge in [-0.3, -0.25) is 0 Å². The summed E-state index contributed by atoms with van der Waals surface area (Å²) in [5.74, 6) is 6.58. The van der Waals surface area contributed by atoms with Gasteiger partial charge in [0.1, 0.15) is 5.60 Å². The first-order chi connectivity index (χ1) is 11.2. The zero-order valence-corrected chi connectivity index (χ0v) is 14.3. The first kappa shape index (κ1) is 18.0. The SMILES string of the molecule is COC(CCCCC1CCCC1(O)C#Cc1ccccc1)OC. The molecule has 1 aromatic carbocycles. The molecule has 0 heterocycles. The second-order valence-corrected chi connectivity index (χ2v) is 6.31. The molecule has 0 bridgehead atoms. The molecule has 1 aliphatic carbocycles. The Morgan fingerprint density at radius 3 is 2.65 bits per heavy atom. The Balaban J connectivity index is 1.85. The highest BCUT2D eigenvalue weighted by Crippen LogP contribution is 2.38. The van der Waals surface area contributed by atoms with Crippen LogP contribution in [0.15, 0.2) is 30.3 Å². The molecule has 3 heteroatoms. The number of methoxy groups -OCH3 is 2.